The standard InChI is InChI=1S/C29H39N7O4.CH4O3S/c1-27(2,3)22-15-23(35-40-22)32-26(38)31-19-11-9-18(10-12-19)30-25(37)21-13-14-24(34-33-21)39-20-16-28(4,5)36(8)29(6,7)17-20;1-5(2,3)4/h9-15,20H,16-17H2,1-8H3,(H,30,37)(H2,31,32,35,38);1H3,(H,2,3,4). The molecule has 0 saturated carbocycles. The highest BCUT2D eigenvalue weighted by Crippen LogP contribution is 2.27. The molecule has 15 heteroatoms. The van der Waals surface area contributed by atoms with Crippen molar-refractivity contribution in [1.29, 1.82) is 0 Å². The van der Waals surface area contributed by atoms with E-state index in [0.29, 0.717) is 35.1 Å². The molecule has 0 atom stereocenters. The number of benzene rings is 1. The van der Waals surface area contributed by atoms with Crippen LogP contribution in [0.15, 0.2) is 47.0 Å². The first kappa shape index (κ1) is 35.4. The minimum absolute atomic E-state index is 0.0220. The zero-order valence-electron chi connectivity index (χ0n) is 27.1. The quantitative estimate of drug-likeness (QED) is 0.289. The highest BCUT2D eigenvalue weighted by molar-refractivity contribution is 7.84. The van der Waals surface area contributed by atoms with E-state index in [0.717, 1.165) is 12.8 Å². The summed E-state index contributed by atoms with van der Waals surface area (Å²) in [4.78, 5) is 26.5. The van der Waals surface area contributed by atoms with E-state index in [1.54, 1.807) is 42.5 Å². The second kappa shape index (κ2) is 13.5. The molecule has 3 aromatic rings. The minimum atomic E-state index is -3.92. The van der Waals surface area contributed by atoms with Gasteiger partial charge in [-0.1, -0.05) is 25.9 Å². The van der Waals surface area contributed by atoms with Crippen LogP contribution < -0.4 is 25.6 Å². The molecule has 3 amide bonds. The summed E-state index contributed by atoms with van der Waals surface area (Å²) >= 11 is 0. The number of quaternary nitrogens is 1. The van der Waals surface area contributed by atoms with E-state index in [1.165, 1.54) is 4.90 Å². The molecule has 4 N–H and O–H groups in total. The number of ether oxygens (including phenoxy) is 1. The molecule has 1 aliphatic rings. The zero-order valence-corrected chi connectivity index (χ0v) is 28.0. The number of nitrogens with one attached hydrogen (secondary N) is 4. The van der Waals surface area contributed by atoms with Crippen molar-refractivity contribution in [2.24, 2.45) is 0 Å². The first-order valence-electron chi connectivity index (χ1n) is 14.3. The number of amides is 3. The van der Waals surface area contributed by atoms with Crippen LogP contribution in [0.4, 0.5) is 22.0 Å². The van der Waals surface area contributed by atoms with Gasteiger partial charge in [-0.05, 0) is 58.0 Å². The number of urea groups is 1. The fourth-order valence-electron chi connectivity index (χ4n) is 4.99. The number of hydrogen-bond donors (Lipinski definition) is 4. The molecule has 1 saturated heterocycles. The Morgan fingerprint density at radius 2 is 1.49 bits per heavy atom. The van der Waals surface area contributed by atoms with E-state index < -0.39 is 22.1 Å². The van der Waals surface area contributed by atoms with Gasteiger partial charge in [-0.25, -0.2) is 13.2 Å². The van der Waals surface area contributed by atoms with Crippen LogP contribution >= 0.6 is 0 Å². The van der Waals surface area contributed by atoms with Crippen molar-refractivity contribution >= 4 is 39.2 Å². The Labute approximate surface area is 264 Å². The lowest BCUT2D eigenvalue weighted by Crippen LogP contribution is -3.24. The predicted octanol–water partition coefficient (Wildman–Crippen LogP) is 3.43. The van der Waals surface area contributed by atoms with Gasteiger partial charge in [-0.15, -0.1) is 10.2 Å². The molecule has 0 radical (unpaired) electrons. The molecule has 0 spiro atoms. The fraction of sp³-hybridized carbons (Fsp3) is 0.500. The van der Waals surface area contributed by atoms with Gasteiger partial charge < -0.3 is 29.3 Å². The van der Waals surface area contributed by atoms with E-state index in [-0.39, 0.29) is 28.3 Å². The molecule has 246 valence electrons. The summed E-state index contributed by atoms with van der Waals surface area (Å²) in [5.41, 5.74) is 1.18. The minimum Gasteiger partial charge on any atom is -0.748 e. The summed E-state index contributed by atoms with van der Waals surface area (Å²) in [5, 5.41) is 20.2. The lowest BCUT2D eigenvalue weighted by molar-refractivity contribution is -0.983. The number of anilines is 3. The zero-order chi connectivity index (χ0) is 33.8. The van der Waals surface area contributed by atoms with Crippen molar-refractivity contribution < 1.29 is 36.7 Å². The molecule has 4 rings (SSSR count). The molecule has 0 aliphatic carbocycles. The van der Waals surface area contributed by atoms with Gasteiger partial charge in [0.2, 0.25) is 5.88 Å². The number of rotatable bonds is 6. The Hall–Kier alpha value is -4.08. The van der Waals surface area contributed by atoms with Crippen molar-refractivity contribution in [3.63, 3.8) is 0 Å². The molecule has 0 unspecified atom stereocenters. The molecule has 0 bridgehead atoms. The van der Waals surface area contributed by atoms with Crippen LogP contribution in [0, 0.1) is 0 Å². The maximum absolute atomic E-state index is 12.7. The normalized spacial score (nSPS) is 19.0. The van der Waals surface area contributed by atoms with Gasteiger partial charge in [0.15, 0.2) is 11.5 Å². The molecule has 45 heavy (non-hydrogen) atoms. The lowest BCUT2D eigenvalue weighted by Gasteiger charge is -2.49. The van der Waals surface area contributed by atoms with Crippen LogP contribution in [-0.2, 0) is 15.5 Å². The van der Waals surface area contributed by atoms with Gasteiger partial charge in [0, 0.05) is 48.0 Å². The molecule has 2 aromatic heterocycles. The Balaban J connectivity index is 0.00000102. The van der Waals surface area contributed by atoms with Crippen molar-refractivity contribution in [2.45, 2.75) is 83.9 Å². The Kier molecular flexibility index (Phi) is 10.6. The molecule has 14 nitrogen and oxygen atoms in total. The number of likely N-dealkylation sites (tertiary alicyclic amines) is 1. The monoisotopic (exact) mass is 645 g/mol. The lowest BCUT2D eigenvalue weighted by atomic mass is 9.79. The average Bonchev–Trinajstić information content (AvgIpc) is 3.36. The third kappa shape index (κ3) is 10.8. The summed E-state index contributed by atoms with van der Waals surface area (Å²) < 4.78 is 38.7. The van der Waals surface area contributed by atoms with Crippen LogP contribution in [0.1, 0.15) is 77.6 Å². The number of carbonyl (C=O) groups is 2. The predicted molar refractivity (Wildman–Crippen MR) is 169 cm³/mol. The van der Waals surface area contributed by atoms with Gasteiger partial charge in [0.1, 0.15) is 11.9 Å². The number of carbonyl (C=O) groups excluding carboxylic acids is 2. The number of hydrogen-bond acceptors (Lipinski definition) is 10. The largest absolute Gasteiger partial charge is 0.748 e. The van der Waals surface area contributed by atoms with Crippen LogP contribution in [0.25, 0.3) is 0 Å². The van der Waals surface area contributed by atoms with Gasteiger partial charge in [0.05, 0.1) is 28.2 Å². The van der Waals surface area contributed by atoms with Gasteiger partial charge in [-0.3, -0.25) is 10.1 Å². The smallest absolute Gasteiger partial charge is 0.324 e. The average molecular weight is 646 g/mol. The van der Waals surface area contributed by atoms with E-state index in [9.17, 15) is 9.59 Å². The van der Waals surface area contributed by atoms with E-state index >= 15 is 0 Å². The van der Waals surface area contributed by atoms with Crippen LogP contribution in [0.2, 0.25) is 0 Å². The number of aromatic nitrogens is 3. The number of piperidine rings is 1. The van der Waals surface area contributed by atoms with Crippen molar-refractivity contribution in [3.05, 3.63) is 53.9 Å². The first-order chi connectivity index (χ1) is 20.6. The van der Waals surface area contributed by atoms with Crippen molar-refractivity contribution in [2.75, 3.05) is 29.3 Å². The second-order valence-electron chi connectivity index (χ2n) is 13.4. The fourth-order valence-corrected chi connectivity index (χ4v) is 4.99. The highest BCUT2D eigenvalue weighted by atomic mass is 32.2. The summed E-state index contributed by atoms with van der Waals surface area (Å²) in [6.45, 7) is 15.0. The Bertz CT molecular complexity index is 1550. The van der Waals surface area contributed by atoms with Gasteiger partial charge >= 0.3 is 6.03 Å². The maximum atomic E-state index is 12.7. The summed E-state index contributed by atoms with van der Waals surface area (Å²) in [7, 11) is -1.69. The SMILES string of the molecule is CS(=O)(=O)[O-].C[NH+]1C(C)(C)CC(Oc2ccc(C(=O)Nc3ccc(NC(=O)Nc4cc(C(C)(C)C)on4)cc3)nn2)CC1(C)C. The van der Waals surface area contributed by atoms with E-state index in [1.807, 2.05) is 20.8 Å². The molecule has 3 heterocycles. The first-order valence-corrected chi connectivity index (χ1v) is 16.2. The summed E-state index contributed by atoms with van der Waals surface area (Å²) in [6, 6.07) is 11.2. The third-order valence-corrected chi connectivity index (χ3v) is 7.56. The van der Waals surface area contributed by atoms with Crippen molar-refractivity contribution in [3.8, 4) is 5.88 Å². The third-order valence-electron chi connectivity index (χ3n) is 7.56. The van der Waals surface area contributed by atoms with Gasteiger partial charge in [0.25, 0.3) is 5.91 Å². The van der Waals surface area contributed by atoms with Gasteiger partial charge in [-0.2, -0.15) is 0 Å². The molecule has 1 aromatic carbocycles. The Morgan fingerprint density at radius 3 is 1.96 bits per heavy atom. The molecular formula is C30H43N7O7S. The van der Waals surface area contributed by atoms with Crippen LogP contribution in [0.5, 0.6) is 5.88 Å². The van der Waals surface area contributed by atoms with E-state index in [4.69, 9.17) is 22.2 Å². The summed E-state index contributed by atoms with van der Waals surface area (Å²) in [6.07, 6.45) is 2.43. The molecule has 1 aliphatic heterocycles. The second-order valence-corrected chi connectivity index (χ2v) is 14.8. The van der Waals surface area contributed by atoms with E-state index in [2.05, 4.69) is 66.0 Å². The summed E-state index contributed by atoms with van der Waals surface area (Å²) in [5.74, 6) is 0.995. The number of nitrogens with zero attached hydrogens (tertiary/aromatic N) is 3. The van der Waals surface area contributed by atoms with Crippen LogP contribution in [0.3, 0.4) is 0 Å². The highest BCUT2D eigenvalue weighted by Gasteiger charge is 2.48. The maximum Gasteiger partial charge on any atom is 0.324 e. The molecular weight excluding hydrogens is 602 g/mol. The topological polar surface area (TPSA) is 193 Å². The van der Waals surface area contributed by atoms with Crippen molar-refractivity contribution in [1.82, 2.24) is 15.4 Å². The molecule has 1 fully saturated rings. The Morgan fingerprint density at radius 1 is 0.956 bits per heavy atom. The van der Waals surface area contributed by atoms with Crippen LogP contribution in [-0.4, -0.2) is 70.7 Å².